The summed E-state index contributed by atoms with van der Waals surface area (Å²) in [4.78, 5) is 0. The van der Waals surface area contributed by atoms with Gasteiger partial charge >= 0.3 is 0 Å². The van der Waals surface area contributed by atoms with E-state index in [1.807, 2.05) is 12.1 Å². The van der Waals surface area contributed by atoms with Gasteiger partial charge in [-0.3, -0.25) is 0 Å². The van der Waals surface area contributed by atoms with Gasteiger partial charge in [-0.25, -0.2) is 0 Å². The highest BCUT2D eigenvalue weighted by molar-refractivity contribution is 5.56. The van der Waals surface area contributed by atoms with Gasteiger partial charge in [0.25, 0.3) is 0 Å². The second-order valence-electron chi connectivity index (χ2n) is 4.29. The van der Waals surface area contributed by atoms with E-state index in [1.54, 1.807) is 21.3 Å². The van der Waals surface area contributed by atoms with Crippen LogP contribution in [0.5, 0.6) is 17.2 Å². The highest BCUT2D eigenvalue weighted by Crippen LogP contribution is 2.47. The van der Waals surface area contributed by atoms with Crippen molar-refractivity contribution in [2.45, 2.75) is 18.9 Å². The maximum absolute atomic E-state index is 6.22. The van der Waals surface area contributed by atoms with Crippen LogP contribution in [0.15, 0.2) is 12.1 Å². The molecule has 0 saturated heterocycles. The largest absolute Gasteiger partial charge is 0.493 e. The maximum atomic E-state index is 6.22. The molecule has 0 spiro atoms. The van der Waals surface area contributed by atoms with Crippen LogP contribution in [0, 0.1) is 5.92 Å². The third kappa shape index (κ3) is 2.17. The predicted octanol–water partition coefficient (Wildman–Crippen LogP) is 2.12. The molecular formula is C13H19NO3. The SMILES string of the molecule is COc1ccc([C@@H](N)C2CC2)c(OC)c1OC. The third-order valence-electron chi connectivity index (χ3n) is 3.22. The summed E-state index contributed by atoms with van der Waals surface area (Å²) in [6, 6.07) is 3.85. The van der Waals surface area contributed by atoms with Crippen LogP contribution in [0.3, 0.4) is 0 Å². The molecule has 0 heterocycles. The molecule has 1 aliphatic rings. The molecule has 1 aromatic rings. The first kappa shape index (κ1) is 12.0. The lowest BCUT2D eigenvalue weighted by molar-refractivity contribution is 0.320. The topological polar surface area (TPSA) is 53.7 Å². The Labute approximate surface area is 102 Å². The first-order chi connectivity index (χ1) is 8.22. The van der Waals surface area contributed by atoms with Crippen molar-refractivity contribution in [1.82, 2.24) is 0 Å². The Morgan fingerprint density at radius 2 is 1.71 bits per heavy atom. The fourth-order valence-electron chi connectivity index (χ4n) is 2.10. The van der Waals surface area contributed by atoms with E-state index in [2.05, 4.69) is 0 Å². The number of ether oxygens (including phenoxy) is 3. The smallest absolute Gasteiger partial charge is 0.203 e. The summed E-state index contributed by atoms with van der Waals surface area (Å²) in [5.74, 6) is 2.54. The molecule has 0 unspecified atom stereocenters. The lowest BCUT2D eigenvalue weighted by atomic mass is 10.0. The summed E-state index contributed by atoms with van der Waals surface area (Å²) in [5.41, 5.74) is 7.21. The molecule has 2 N–H and O–H groups in total. The van der Waals surface area contributed by atoms with Gasteiger partial charge in [0.15, 0.2) is 11.5 Å². The summed E-state index contributed by atoms with van der Waals surface area (Å²) in [6.45, 7) is 0. The summed E-state index contributed by atoms with van der Waals surface area (Å²) >= 11 is 0. The van der Waals surface area contributed by atoms with Gasteiger partial charge in [0.1, 0.15) is 0 Å². The van der Waals surface area contributed by atoms with Crippen molar-refractivity contribution in [3.05, 3.63) is 17.7 Å². The second-order valence-corrected chi connectivity index (χ2v) is 4.29. The first-order valence-electron chi connectivity index (χ1n) is 5.77. The molecule has 0 aromatic heterocycles. The molecule has 0 bridgehead atoms. The van der Waals surface area contributed by atoms with Crippen LogP contribution in [0.4, 0.5) is 0 Å². The van der Waals surface area contributed by atoms with Crippen molar-refractivity contribution in [1.29, 1.82) is 0 Å². The van der Waals surface area contributed by atoms with Crippen LogP contribution >= 0.6 is 0 Å². The van der Waals surface area contributed by atoms with E-state index in [0.29, 0.717) is 23.2 Å². The van der Waals surface area contributed by atoms with Crippen LogP contribution in [-0.4, -0.2) is 21.3 Å². The lowest BCUT2D eigenvalue weighted by Crippen LogP contribution is -2.14. The van der Waals surface area contributed by atoms with E-state index < -0.39 is 0 Å². The number of hydrogen-bond donors (Lipinski definition) is 1. The zero-order valence-corrected chi connectivity index (χ0v) is 10.5. The fourth-order valence-corrected chi connectivity index (χ4v) is 2.10. The molecule has 1 atom stereocenters. The van der Waals surface area contributed by atoms with Crippen molar-refractivity contribution >= 4 is 0 Å². The van der Waals surface area contributed by atoms with Crippen LogP contribution in [0.2, 0.25) is 0 Å². The molecule has 1 aromatic carbocycles. The fraction of sp³-hybridized carbons (Fsp3) is 0.538. The Kier molecular flexibility index (Phi) is 3.43. The standard InChI is InChI=1S/C13H19NO3/c1-15-10-7-6-9(11(14)8-4-5-8)12(16-2)13(10)17-3/h6-8,11H,4-5,14H2,1-3H3/t11-/m0/s1. The second kappa shape index (κ2) is 4.84. The molecule has 0 amide bonds. The van der Waals surface area contributed by atoms with Gasteiger partial charge in [-0.15, -0.1) is 0 Å². The zero-order chi connectivity index (χ0) is 12.4. The van der Waals surface area contributed by atoms with Gasteiger partial charge in [0.2, 0.25) is 5.75 Å². The van der Waals surface area contributed by atoms with Crippen LogP contribution < -0.4 is 19.9 Å². The molecule has 17 heavy (non-hydrogen) atoms. The highest BCUT2D eigenvalue weighted by Gasteiger charge is 2.32. The van der Waals surface area contributed by atoms with Gasteiger partial charge in [0.05, 0.1) is 21.3 Å². The molecule has 4 heteroatoms. The molecule has 1 saturated carbocycles. The molecule has 94 valence electrons. The quantitative estimate of drug-likeness (QED) is 0.852. The van der Waals surface area contributed by atoms with Gasteiger partial charge < -0.3 is 19.9 Å². The molecule has 2 rings (SSSR count). The number of hydrogen-bond acceptors (Lipinski definition) is 4. The molecule has 4 nitrogen and oxygen atoms in total. The van der Waals surface area contributed by atoms with E-state index in [-0.39, 0.29) is 6.04 Å². The first-order valence-corrected chi connectivity index (χ1v) is 5.77. The predicted molar refractivity (Wildman–Crippen MR) is 65.8 cm³/mol. The molecule has 0 radical (unpaired) electrons. The monoisotopic (exact) mass is 237 g/mol. The molecular weight excluding hydrogens is 218 g/mol. The zero-order valence-electron chi connectivity index (χ0n) is 10.5. The normalized spacial score (nSPS) is 16.5. The van der Waals surface area contributed by atoms with E-state index in [0.717, 1.165) is 5.56 Å². The van der Waals surface area contributed by atoms with Crippen molar-refractivity contribution in [3.8, 4) is 17.2 Å². The van der Waals surface area contributed by atoms with Gasteiger partial charge in [-0.1, -0.05) is 0 Å². The Morgan fingerprint density at radius 3 is 2.18 bits per heavy atom. The van der Waals surface area contributed by atoms with Crippen LogP contribution in [0.25, 0.3) is 0 Å². The summed E-state index contributed by atoms with van der Waals surface area (Å²) in [6.07, 6.45) is 2.39. The van der Waals surface area contributed by atoms with E-state index in [4.69, 9.17) is 19.9 Å². The lowest BCUT2D eigenvalue weighted by Gasteiger charge is -2.19. The number of benzene rings is 1. The summed E-state index contributed by atoms with van der Waals surface area (Å²) in [5, 5.41) is 0. The average Bonchev–Trinajstić information content (AvgIpc) is 3.20. The van der Waals surface area contributed by atoms with Gasteiger partial charge in [-0.05, 0) is 30.9 Å². The Morgan fingerprint density at radius 1 is 1.06 bits per heavy atom. The Balaban J connectivity index is 2.44. The van der Waals surface area contributed by atoms with Crippen LogP contribution in [0.1, 0.15) is 24.4 Å². The van der Waals surface area contributed by atoms with E-state index in [1.165, 1.54) is 12.8 Å². The number of rotatable bonds is 5. The van der Waals surface area contributed by atoms with E-state index >= 15 is 0 Å². The minimum atomic E-state index is 0.0183. The molecule has 1 fully saturated rings. The van der Waals surface area contributed by atoms with E-state index in [9.17, 15) is 0 Å². The van der Waals surface area contributed by atoms with Crippen molar-refractivity contribution in [2.24, 2.45) is 11.7 Å². The third-order valence-corrected chi connectivity index (χ3v) is 3.22. The van der Waals surface area contributed by atoms with Gasteiger partial charge in [-0.2, -0.15) is 0 Å². The summed E-state index contributed by atoms with van der Waals surface area (Å²) in [7, 11) is 4.84. The Hall–Kier alpha value is -1.42. The average molecular weight is 237 g/mol. The van der Waals surface area contributed by atoms with Crippen molar-refractivity contribution in [2.75, 3.05) is 21.3 Å². The van der Waals surface area contributed by atoms with Crippen molar-refractivity contribution in [3.63, 3.8) is 0 Å². The van der Waals surface area contributed by atoms with Crippen molar-refractivity contribution < 1.29 is 14.2 Å². The number of methoxy groups -OCH3 is 3. The number of nitrogens with two attached hydrogens (primary N) is 1. The molecule has 1 aliphatic carbocycles. The minimum absolute atomic E-state index is 0.0183. The van der Waals surface area contributed by atoms with Crippen LogP contribution in [-0.2, 0) is 0 Å². The highest BCUT2D eigenvalue weighted by atomic mass is 16.5. The maximum Gasteiger partial charge on any atom is 0.203 e. The van der Waals surface area contributed by atoms with Gasteiger partial charge in [0, 0.05) is 11.6 Å². The molecule has 0 aliphatic heterocycles. The minimum Gasteiger partial charge on any atom is -0.493 e. The Bertz CT molecular complexity index is 402. The summed E-state index contributed by atoms with van der Waals surface area (Å²) < 4.78 is 16.0.